The SMILES string of the molecule is Clc1cccc(-c2n[nH]c3ccccc23)c1. The van der Waals surface area contributed by atoms with Gasteiger partial charge in [-0.25, -0.2) is 0 Å². The minimum atomic E-state index is 0.726. The minimum absolute atomic E-state index is 0.726. The molecule has 0 bridgehead atoms. The van der Waals surface area contributed by atoms with Crippen LogP contribution in [0.5, 0.6) is 0 Å². The lowest BCUT2D eigenvalue weighted by atomic mass is 10.1. The van der Waals surface area contributed by atoms with Crippen LogP contribution in [0.4, 0.5) is 0 Å². The monoisotopic (exact) mass is 228 g/mol. The van der Waals surface area contributed by atoms with E-state index in [0.717, 1.165) is 27.2 Å². The van der Waals surface area contributed by atoms with E-state index in [9.17, 15) is 0 Å². The van der Waals surface area contributed by atoms with Gasteiger partial charge in [0.05, 0.1) is 11.2 Å². The van der Waals surface area contributed by atoms with Gasteiger partial charge in [0, 0.05) is 16.0 Å². The van der Waals surface area contributed by atoms with Gasteiger partial charge < -0.3 is 0 Å². The van der Waals surface area contributed by atoms with Crippen molar-refractivity contribution in [2.75, 3.05) is 0 Å². The molecule has 16 heavy (non-hydrogen) atoms. The summed E-state index contributed by atoms with van der Waals surface area (Å²) in [5.41, 5.74) is 3.01. The van der Waals surface area contributed by atoms with Crippen molar-refractivity contribution in [3.63, 3.8) is 0 Å². The summed E-state index contributed by atoms with van der Waals surface area (Å²) in [6, 6.07) is 15.8. The van der Waals surface area contributed by atoms with Gasteiger partial charge in [-0.2, -0.15) is 5.10 Å². The Labute approximate surface area is 97.9 Å². The molecule has 0 saturated carbocycles. The molecule has 0 fully saturated rings. The number of fused-ring (bicyclic) bond motifs is 1. The number of rotatable bonds is 1. The van der Waals surface area contributed by atoms with Gasteiger partial charge in [0.25, 0.3) is 0 Å². The molecule has 3 heteroatoms. The Kier molecular flexibility index (Phi) is 2.15. The number of benzene rings is 2. The average Bonchev–Trinajstić information content (AvgIpc) is 2.72. The molecule has 0 unspecified atom stereocenters. The van der Waals surface area contributed by atoms with Crippen molar-refractivity contribution in [2.24, 2.45) is 0 Å². The van der Waals surface area contributed by atoms with Gasteiger partial charge in [-0.05, 0) is 18.2 Å². The second kappa shape index (κ2) is 3.65. The Morgan fingerprint density at radius 2 is 1.88 bits per heavy atom. The van der Waals surface area contributed by atoms with Crippen LogP contribution in [0.1, 0.15) is 0 Å². The van der Waals surface area contributed by atoms with E-state index >= 15 is 0 Å². The molecule has 2 nitrogen and oxygen atoms in total. The van der Waals surface area contributed by atoms with E-state index < -0.39 is 0 Å². The molecule has 0 aliphatic rings. The van der Waals surface area contributed by atoms with E-state index in [1.807, 2.05) is 42.5 Å². The molecule has 0 atom stereocenters. The van der Waals surface area contributed by atoms with Gasteiger partial charge in [0.2, 0.25) is 0 Å². The summed E-state index contributed by atoms with van der Waals surface area (Å²) in [4.78, 5) is 0. The molecular weight excluding hydrogens is 220 g/mol. The highest BCUT2D eigenvalue weighted by Crippen LogP contribution is 2.27. The Hall–Kier alpha value is -1.80. The molecule has 2 aromatic carbocycles. The largest absolute Gasteiger partial charge is 0.277 e. The molecular formula is C13H9ClN2. The van der Waals surface area contributed by atoms with Crippen molar-refractivity contribution in [3.8, 4) is 11.3 Å². The fraction of sp³-hybridized carbons (Fsp3) is 0. The van der Waals surface area contributed by atoms with Gasteiger partial charge in [-0.15, -0.1) is 0 Å². The molecule has 0 aliphatic carbocycles. The van der Waals surface area contributed by atoms with Crippen LogP contribution in [0, 0.1) is 0 Å². The summed E-state index contributed by atoms with van der Waals surface area (Å²) < 4.78 is 0. The second-order valence-corrected chi connectivity index (χ2v) is 4.06. The summed E-state index contributed by atoms with van der Waals surface area (Å²) in [5, 5.41) is 9.18. The molecule has 1 heterocycles. The lowest BCUT2D eigenvalue weighted by Crippen LogP contribution is -1.78. The van der Waals surface area contributed by atoms with Crippen molar-refractivity contribution < 1.29 is 0 Å². The first-order valence-corrected chi connectivity index (χ1v) is 5.41. The molecule has 3 aromatic rings. The number of nitrogens with zero attached hydrogens (tertiary/aromatic N) is 1. The highest BCUT2D eigenvalue weighted by Gasteiger charge is 2.06. The zero-order valence-corrected chi connectivity index (χ0v) is 9.20. The molecule has 0 amide bonds. The third kappa shape index (κ3) is 1.48. The van der Waals surface area contributed by atoms with Crippen LogP contribution in [0.25, 0.3) is 22.2 Å². The third-order valence-electron chi connectivity index (χ3n) is 2.57. The van der Waals surface area contributed by atoms with Crippen molar-refractivity contribution in [1.82, 2.24) is 10.2 Å². The van der Waals surface area contributed by atoms with Gasteiger partial charge in [-0.3, -0.25) is 5.10 Å². The molecule has 0 spiro atoms. The van der Waals surface area contributed by atoms with Crippen LogP contribution in [-0.2, 0) is 0 Å². The summed E-state index contributed by atoms with van der Waals surface area (Å²) in [6.45, 7) is 0. The highest BCUT2D eigenvalue weighted by molar-refractivity contribution is 6.30. The Morgan fingerprint density at radius 3 is 2.75 bits per heavy atom. The number of aromatic amines is 1. The molecule has 1 N–H and O–H groups in total. The lowest BCUT2D eigenvalue weighted by Gasteiger charge is -1.98. The predicted octanol–water partition coefficient (Wildman–Crippen LogP) is 3.88. The fourth-order valence-electron chi connectivity index (χ4n) is 1.82. The van der Waals surface area contributed by atoms with Crippen molar-refractivity contribution >= 4 is 22.5 Å². The van der Waals surface area contributed by atoms with Crippen LogP contribution < -0.4 is 0 Å². The van der Waals surface area contributed by atoms with Gasteiger partial charge in [0.15, 0.2) is 0 Å². The van der Waals surface area contributed by atoms with E-state index in [-0.39, 0.29) is 0 Å². The minimum Gasteiger partial charge on any atom is -0.277 e. The normalized spacial score (nSPS) is 10.8. The smallest absolute Gasteiger partial charge is 0.0999 e. The Morgan fingerprint density at radius 1 is 1.00 bits per heavy atom. The molecule has 3 rings (SSSR count). The van der Waals surface area contributed by atoms with Crippen LogP contribution >= 0.6 is 11.6 Å². The first-order chi connectivity index (χ1) is 7.84. The van der Waals surface area contributed by atoms with Crippen molar-refractivity contribution in [1.29, 1.82) is 0 Å². The summed E-state index contributed by atoms with van der Waals surface area (Å²) in [7, 11) is 0. The maximum absolute atomic E-state index is 5.97. The maximum Gasteiger partial charge on any atom is 0.0999 e. The molecule has 0 radical (unpaired) electrons. The predicted molar refractivity (Wildman–Crippen MR) is 66.5 cm³/mol. The quantitative estimate of drug-likeness (QED) is 0.673. The zero-order valence-electron chi connectivity index (χ0n) is 8.44. The summed E-state index contributed by atoms with van der Waals surface area (Å²) in [6.07, 6.45) is 0. The maximum atomic E-state index is 5.97. The van der Waals surface area contributed by atoms with Crippen LogP contribution in [0.15, 0.2) is 48.5 Å². The molecule has 0 aliphatic heterocycles. The molecule has 1 aromatic heterocycles. The third-order valence-corrected chi connectivity index (χ3v) is 2.80. The van der Waals surface area contributed by atoms with Gasteiger partial charge in [0.1, 0.15) is 0 Å². The molecule has 0 saturated heterocycles. The van der Waals surface area contributed by atoms with E-state index in [2.05, 4.69) is 16.3 Å². The number of para-hydroxylation sites is 1. The van der Waals surface area contributed by atoms with Gasteiger partial charge in [-0.1, -0.05) is 41.9 Å². The number of nitrogens with one attached hydrogen (secondary N) is 1. The zero-order chi connectivity index (χ0) is 11.0. The van der Waals surface area contributed by atoms with Crippen LogP contribution in [0.3, 0.4) is 0 Å². The number of aromatic nitrogens is 2. The van der Waals surface area contributed by atoms with Crippen LogP contribution in [-0.4, -0.2) is 10.2 Å². The highest BCUT2D eigenvalue weighted by atomic mass is 35.5. The van der Waals surface area contributed by atoms with E-state index in [0.29, 0.717) is 0 Å². The molecule has 78 valence electrons. The number of halogens is 1. The Bertz CT molecular complexity index is 643. The standard InChI is InChI=1S/C13H9ClN2/c14-10-5-3-4-9(8-10)13-11-6-1-2-7-12(11)15-16-13/h1-8H,(H,15,16). The van der Waals surface area contributed by atoms with Crippen molar-refractivity contribution in [3.05, 3.63) is 53.6 Å². The fourth-order valence-corrected chi connectivity index (χ4v) is 2.01. The van der Waals surface area contributed by atoms with E-state index in [1.165, 1.54) is 0 Å². The van der Waals surface area contributed by atoms with E-state index in [4.69, 9.17) is 11.6 Å². The second-order valence-electron chi connectivity index (χ2n) is 3.63. The van der Waals surface area contributed by atoms with Gasteiger partial charge >= 0.3 is 0 Å². The topological polar surface area (TPSA) is 28.7 Å². The first kappa shape index (κ1) is 9.43. The lowest BCUT2D eigenvalue weighted by molar-refractivity contribution is 1.12. The Balaban J connectivity index is 2.26. The van der Waals surface area contributed by atoms with Crippen LogP contribution in [0.2, 0.25) is 5.02 Å². The summed E-state index contributed by atoms with van der Waals surface area (Å²) in [5.74, 6) is 0. The van der Waals surface area contributed by atoms with E-state index in [1.54, 1.807) is 0 Å². The summed E-state index contributed by atoms with van der Waals surface area (Å²) >= 11 is 5.97. The number of H-pyrrole nitrogens is 1. The number of hydrogen-bond donors (Lipinski definition) is 1. The first-order valence-electron chi connectivity index (χ1n) is 5.03. The van der Waals surface area contributed by atoms with Crippen molar-refractivity contribution in [2.45, 2.75) is 0 Å². The average molecular weight is 229 g/mol. The number of hydrogen-bond acceptors (Lipinski definition) is 1.